The largest absolute Gasteiger partial charge is 0.481 e. The number of anilines is 1. The van der Waals surface area contributed by atoms with Gasteiger partial charge >= 0.3 is 0 Å². The Balaban J connectivity index is 1.42. The minimum Gasteiger partial charge on any atom is -0.481 e. The summed E-state index contributed by atoms with van der Waals surface area (Å²) in [6.45, 7) is 6.76. The molecular formula is C31H34N2O3. The normalized spacial score (nSPS) is 17.8. The number of carbonyl (C=O) groups excluding carboxylic acids is 2. The van der Waals surface area contributed by atoms with Crippen LogP contribution in [-0.2, 0) is 16.0 Å². The van der Waals surface area contributed by atoms with Crippen molar-refractivity contribution in [2.45, 2.75) is 58.6 Å². The van der Waals surface area contributed by atoms with E-state index >= 15 is 0 Å². The van der Waals surface area contributed by atoms with Crippen molar-refractivity contribution in [2.75, 3.05) is 11.9 Å². The zero-order valence-electron chi connectivity index (χ0n) is 21.3. The zero-order chi connectivity index (χ0) is 25.2. The fourth-order valence-corrected chi connectivity index (χ4v) is 4.92. The molecule has 2 atom stereocenters. The molecule has 1 aliphatic carbocycles. The van der Waals surface area contributed by atoms with Gasteiger partial charge in [0.15, 0.2) is 6.10 Å². The maximum atomic E-state index is 13.3. The number of amides is 2. The Hall–Kier alpha value is -3.60. The van der Waals surface area contributed by atoms with E-state index in [1.54, 1.807) is 0 Å². The van der Waals surface area contributed by atoms with Crippen LogP contribution in [0.4, 0.5) is 5.69 Å². The highest BCUT2D eigenvalue weighted by Crippen LogP contribution is 2.41. The monoisotopic (exact) mass is 482 g/mol. The summed E-state index contributed by atoms with van der Waals surface area (Å²) >= 11 is 0. The molecule has 1 aliphatic heterocycles. The number of aryl methyl sites for hydroxylation is 2. The molecular weight excluding hydrogens is 448 g/mol. The summed E-state index contributed by atoms with van der Waals surface area (Å²) in [6, 6.07) is 22.1. The Kier molecular flexibility index (Phi) is 6.82. The molecule has 5 rings (SSSR count). The first-order valence-electron chi connectivity index (χ1n) is 13.0. The number of fused-ring (bicyclic) bond motifs is 1. The Morgan fingerprint density at radius 1 is 0.972 bits per heavy atom. The number of nitrogens with one attached hydrogen (secondary N) is 1. The number of hydrogen-bond donors (Lipinski definition) is 1. The lowest BCUT2D eigenvalue weighted by Gasteiger charge is -2.38. The second-order valence-electron chi connectivity index (χ2n) is 10.1. The van der Waals surface area contributed by atoms with Crippen molar-refractivity contribution in [2.24, 2.45) is 5.92 Å². The predicted octanol–water partition coefficient (Wildman–Crippen LogP) is 5.98. The Bertz CT molecular complexity index is 1250. The van der Waals surface area contributed by atoms with Crippen LogP contribution in [-0.4, -0.2) is 29.4 Å². The van der Waals surface area contributed by atoms with Crippen molar-refractivity contribution in [1.29, 1.82) is 0 Å². The molecule has 1 fully saturated rings. The standard InChI is InChI=1S/C31H34N2O3/c1-4-28(30(34)32-25-14-7-21(3)8-15-25)36-26-16-13-22-17-18-33(31(35)24-11-12-24)29(27(22)19-26)23-9-5-20(2)6-10-23/h5-10,13-16,19,24,28-29H,4,11-12,17-18H2,1-3H3,(H,32,34). The molecule has 3 aromatic rings. The predicted molar refractivity (Wildman–Crippen MR) is 142 cm³/mol. The number of hydrogen-bond acceptors (Lipinski definition) is 3. The van der Waals surface area contributed by atoms with Crippen molar-refractivity contribution < 1.29 is 14.3 Å². The van der Waals surface area contributed by atoms with E-state index in [0.29, 0.717) is 12.2 Å². The van der Waals surface area contributed by atoms with Gasteiger partial charge < -0.3 is 15.0 Å². The summed E-state index contributed by atoms with van der Waals surface area (Å²) in [7, 11) is 0. The van der Waals surface area contributed by atoms with Crippen molar-refractivity contribution in [1.82, 2.24) is 4.90 Å². The van der Waals surface area contributed by atoms with Gasteiger partial charge in [0.2, 0.25) is 5.91 Å². The molecule has 0 aromatic heterocycles. The highest BCUT2D eigenvalue weighted by Gasteiger charge is 2.39. The van der Waals surface area contributed by atoms with Crippen LogP contribution in [0.5, 0.6) is 5.75 Å². The lowest BCUT2D eigenvalue weighted by Crippen LogP contribution is -2.41. The molecule has 0 bridgehead atoms. The third-order valence-corrected chi connectivity index (χ3v) is 7.21. The van der Waals surface area contributed by atoms with Crippen molar-refractivity contribution in [3.8, 4) is 5.75 Å². The highest BCUT2D eigenvalue weighted by atomic mass is 16.5. The number of rotatable bonds is 7. The molecule has 0 spiro atoms. The molecule has 5 nitrogen and oxygen atoms in total. The average Bonchev–Trinajstić information content (AvgIpc) is 3.74. The molecule has 1 N–H and O–H groups in total. The SMILES string of the molecule is CCC(Oc1ccc2c(c1)C(c1ccc(C)cc1)N(C(=O)C1CC1)CC2)C(=O)Nc1ccc(C)cc1. The third kappa shape index (κ3) is 5.15. The van der Waals surface area contributed by atoms with Crippen LogP contribution in [0.3, 0.4) is 0 Å². The Labute approximate surface area is 213 Å². The van der Waals surface area contributed by atoms with Gasteiger partial charge in [-0.3, -0.25) is 9.59 Å². The second kappa shape index (κ2) is 10.2. The quantitative estimate of drug-likeness (QED) is 0.450. The fourth-order valence-electron chi connectivity index (χ4n) is 4.92. The first-order chi connectivity index (χ1) is 17.4. The maximum absolute atomic E-state index is 13.3. The molecule has 5 heteroatoms. The summed E-state index contributed by atoms with van der Waals surface area (Å²) in [5, 5.41) is 2.97. The summed E-state index contributed by atoms with van der Waals surface area (Å²) in [5.41, 5.74) is 6.51. The first-order valence-corrected chi connectivity index (χ1v) is 13.0. The van der Waals surface area contributed by atoms with E-state index in [2.05, 4.69) is 47.5 Å². The summed E-state index contributed by atoms with van der Waals surface area (Å²) in [4.78, 5) is 28.3. The van der Waals surface area contributed by atoms with Crippen LogP contribution >= 0.6 is 0 Å². The van der Waals surface area contributed by atoms with Crippen LogP contribution in [0.15, 0.2) is 66.7 Å². The zero-order valence-corrected chi connectivity index (χ0v) is 21.3. The minimum absolute atomic E-state index is 0.146. The van der Waals surface area contributed by atoms with Gasteiger partial charge in [0.05, 0.1) is 6.04 Å². The van der Waals surface area contributed by atoms with E-state index in [1.807, 2.05) is 50.2 Å². The molecule has 2 aliphatic rings. The van der Waals surface area contributed by atoms with Gasteiger partial charge in [-0.1, -0.05) is 60.5 Å². The molecule has 1 saturated carbocycles. The molecule has 36 heavy (non-hydrogen) atoms. The van der Waals surface area contributed by atoms with E-state index in [9.17, 15) is 9.59 Å². The Morgan fingerprint density at radius 2 is 1.64 bits per heavy atom. The topological polar surface area (TPSA) is 58.6 Å². The average molecular weight is 483 g/mol. The highest BCUT2D eigenvalue weighted by molar-refractivity contribution is 5.94. The van der Waals surface area contributed by atoms with Crippen LogP contribution in [0.25, 0.3) is 0 Å². The Morgan fingerprint density at radius 3 is 2.28 bits per heavy atom. The van der Waals surface area contributed by atoms with E-state index in [4.69, 9.17) is 4.74 Å². The van der Waals surface area contributed by atoms with Gasteiger partial charge in [-0.2, -0.15) is 0 Å². The number of carbonyl (C=O) groups is 2. The van der Waals surface area contributed by atoms with Gasteiger partial charge in [-0.05, 0) is 80.5 Å². The first kappa shape index (κ1) is 24.1. The summed E-state index contributed by atoms with van der Waals surface area (Å²) in [5.74, 6) is 0.896. The van der Waals surface area contributed by atoms with E-state index in [-0.39, 0.29) is 23.8 Å². The van der Waals surface area contributed by atoms with Gasteiger partial charge in [-0.25, -0.2) is 0 Å². The molecule has 0 radical (unpaired) electrons. The van der Waals surface area contributed by atoms with E-state index < -0.39 is 6.10 Å². The molecule has 0 saturated heterocycles. The van der Waals surface area contributed by atoms with Crippen LogP contribution in [0, 0.1) is 19.8 Å². The molecule has 186 valence electrons. The van der Waals surface area contributed by atoms with Crippen molar-refractivity contribution >= 4 is 17.5 Å². The van der Waals surface area contributed by atoms with Gasteiger partial charge in [-0.15, -0.1) is 0 Å². The molecule has 2 amide bonds. The van der Waals surface area contributed by atoms with E-state index in [1.165, 1.54) is 11.1 Å². The van der Waals surface area contributed by atoms with Crippen LogP contribution in [0.2, 0.25) is 0 Å². The lowest BCUT2D eigenvalue weighted by atomic mass is 9.87. The number of ether oxygens (including phenoxy) is 1. The third-order valence-electron chi connectivity index (χ3n) is 7.21. The summed E-state index contributed by atoms with van der Waals surface area (Å²) < 4.78 is 6.23. The smallest absolute Gasteiger partial charge is 0.265 e. The van der Waals surface area contributed by atoms with Gasteiger partial charge in [0.1, 0.15) is 5.75 Å². The minimum atomic E-state index is -0.616. The van der Waals surface area contributed by atoms with E-state index in [0.717, 1.165) is 48.2 Å². The number of benzene rings is 3. The molecule has 2 unspecified atom stereocenters. The van der Waals surface area contributed by atoms with Crippen LogP contribution in [0.1, 0.15) is 60.0 Å². The fraction of sp³-hybridized carbons (Fsp3) is 0.355. The van der Waals surface area contributed by atoms with Gasteiger partial charge in [0, 0.05) is 18.2 Å². The van der Waals surface area contributed by atoms with Crippen molar-refractivity contribution in [3.63, 3.8) is 0 Å². The molecule has 1 heterocycles. The van der Waals surface area contributed by atoms with Crippen LogP contribution < -0.4 is 10.1 Å². The maximum Gasteiger partial charge on any atom is 0.265 e. The number of nitrogens with zero attached hydrogens (tertiary/aromatic N) is 1. The summed E-state index contributed by atoms with van der Waals surface area (Å²) in [6.07, 6.45) is 2.72. The second-order valence-corrected chi connectivity index (χ2v) is 10.1. The molecule has 3 aromatic carbocycles. The van der Waals surface area contributed by atoms with Crippen molar-refractivity contribution in [3.05, 3.63) is 94.5 Å². The lowest BCUT2D eigenvalue weighted by molar-refractivity contribution is -0.134. The van der Waals surface area contributed by atoms with Gasteiger partial charge in [0.25, 0.3) is 5.91 Å².